The smallest absolute Gasteiger partial charge is 0.266 e. The van der Waals surface area contributed by atoms with Crippen molar-refractivity contribution in [2.24, 2.45) is 0 Å². The molecule has 3 rings (SSSR count). The molecule has 0 radical (unpaired) electrons. The number of nitrogens with two attached hydrogens (primary N) is 1. The molecule has 3 aromatic rings. The Morgan fingerprint density at radius 3 is 2.62 bits per heavy atom. The van der Waals surface area contributed by atoms with Gasteiger partial charge in [0.2, 0.25) is 5.13 Å². The lowest BCUT2D eigenvalue weighted by molar-refractivity contribution is 0.593. The van der Waals surface area contributed by atoms with Crippen molar-refractivity contribution in [3.63, 3.8) is 0 Å². The molecule has 0 aliphatic rings. The fraction of sp³-hybridized carbons (Fsp3) is 0.0625. The van der Waals surface area contributed by atoms with Crippen molar-refractivity contribution < 1.29 is 8.42 Å². The Bertz CT molecular complexity index is 998. The number of fused-ring (bicyclic) bond motifs is 1. The summed E-state index contributed by atoms with van der Waals surface area (Å²) in [6.45, 7) is 3.76. The van der Waals surface area contributed by atoms with Crippen LogP contribution in [0.1, 0.15) is 0 Å². The van der Waals surface area contributed by atoms with Gasteiger partial charge in [-0.3, -0.25) is 0 Å². The van der Waals surface area contributed by atoms with E-state index < -0.39 is 10.0 Å². The lowest BCUT2D eigenvalue weighted by atomic mass is 10.3. The van der Waals surface area contributed by atoms with Gasteiger partial charge in [0.25, 0.3) is 10.0 Å². The van der Waals surface area contributed by atoms with E-state index in [4.69, 9.17) is 17.3 Å². The van der Waals surface area contributed by atoms with E-state index in [1.165, 1.54) is 33.9 Å². The summed E-state index contributed by atoms with van der Waals surface area (Å²) in [6, 6.07) is 11.3. The van der Waals surface area contributed by atoms with Crippen molar-refractivity contribution in [2.45, 2.75) is 4.90 Å². The van der Waals surface area contributed by atoms with Crippen LogP contribution in [0, 0.1) is 0 Å². The fourth-order valence-corrected chi connectivity index (χ4v) is 5.00. The van der Waals surface area contributed by atoms with Crippen LogP contribution < -0.4 is 10.0 Å². The summed E-state index contributed by atoms with van der Waals surface area (Å²) in [7, 11) is -3.77. The number of sulfonamides is 1. The van der Waals surface area contributed by atoms with Gasteiger partial charge in [-0.05, 0) is 42.5 Å². The predicted octanol–water partition coefficient (Wildman–Crippen LogP) is 3.91. The maximum Gasteiger partial charge on any atom is 0.266 e. The molecule has 0 unspecified atom stereocenters. The Kier molecular flexibility index (Phi) is 4.49. The maximum atomic E-state index is 13.0. The average molecular weight is 380 g/mol. The van der Waals surface area contributed by atoms with Crippen molar-refractivity contribution in [3.8, 4) is 0 Å². The molecule has 0 saturated carbocycles. The molecule has 1 heterocycles. The van der Waals surface area contributed by atoms with E-state index in [1.54, 1.807) is 30.3 Å². The van der Waals surface area contributed by atoms with Gasteiger partial charge in [0, 0.05) is 10.7 Å². The van der Waals surface area contributed by atoms with Crippen LogP contribution in [0.2, 0.25) is 5.02 Å². The summed E-state index contributed by atoms with van der Waals surface area (Å²) in [5.41, 5.74) is 6.83. The summed E-state index contributed by atoms with van der Waals surface area (Å²) < 4.78 is 28.0. The minimum atomic E-state index is -3.77. The zero-order chi connectivity index (χ0) is 17.3. The molecule has 8 heteroatoms. The SMILES string of the molecule is C=CCN(c1nc2ccc(Cl)cc2s1)S(=O)(=O)c1ccc(N)cc1. The molecule has 0 aliphatic heterocycles. The van der Waals surface area contributed by atoms with Gasteiger partial charge in [0.15, 0.2) is 0 Å². The van der Waals surface area contributed by atoms with Crippen LogP contribution in [-0.4, -0.2) is 19.9 Å². The summed E-state index contributed by atoms with van der Waals surface area (Å²) in [4.78, 5) is 4.57. The van der Waals surface area contributed by atoms with E-state index in [1.807, 2.05) is 0 Å². The van der Waals surface area contributed by atoms with Gasteiger partial charge in [-0.15, -0.1) is 6.58 Å². The summed E-state index contributed by atoms with van der Waals surface area (Å²) in [5, 5.41) is 0.943. The Hall–Kier alpha value is -2.09. The summed E-state index contributed by atoms with van der Waals surface area (Å²) in [6.07, 6.45) is 1.52. The molecule has 0 bridgehead atoms. The number of nitrogen functional groups attached to an aromatic ring is 1. The van der Waals surface area contributed by atoms with Crippen LogP contribution in [-0.2, 0) is 10.0 Å². The van der Waals surface area contributed by atoms with Crippen molar-refractivity contribution in [3.05, 3.63) is 60.1 Å². The monoisotopic (exact) mass is 379 g/mol. The van der Waals surface area contributed by atoms with Crippen LogP contribution in [0.5, 0.6) is 0 Å². The van der Waals surface area contributed by atoms with Gasteiger partial charge in [-0.1, -0.05) is 29.0 Å². The Balaban J connectivity index is 2.10. The molecule has 0 atom stereocenters. The van der Waals surface area contributed by atoms with E-state index in [9.17, 15) is 8.42 Å². The molecule has 0 aliphatic carbocycles. The molecule has 24 heavy (non-hydrogen) atoms. The van der Waals surface area contributed by atoms with Gasteiger partial charge in [0.1, 0.15) is 0 Å². The Labute approximate surface area is 149 Å². The van der Waals surface area contributed by atoms with E-state index >= 15 is 0 Å². The number of benzene rings is 2. The van der Waals surface area contributed by atoms with E-state index in [0.717, 1.165) is 4.70 Å². The second kappa shape index (κ2) is 6.43. The van der Waals surface area contributed by atoms with Crippen molar-refractivity contribution in [2.75, 3.05) is 16.6 Å². The van der Waals surface area contributed by atoms with E-state index in [2.05, 4.69) is 11.6 Å². The quantitative estimate of drug-likeness (QED) is 0.538. The zero-order valence-corrected chi connectivity index (χ0v) is 14.9. The molecular formula is C16H14ClN3O2S2. The highest BCUT2D eigenvalue weighted by Crippen LogP contribution is 2.33. The average Bonchev–Trinajstić information content (AvgIpc) is 2.95. The highest BCUT2D eigenvalue weighted by atomic mass is 35.5. The molecular weight excluding hydrogens is 366 g/mol. The second-order valence-corrected chi connectivity index (χ2v) is 8.31. The molecule has 0 spiro atoms. The van der Waals surface area contributed by atoms with Crippen molar-refractivity contribution in [1.82, 2.24) is 4.98 Å². The highest BCUT2D eigenvalue weighted by Gasteiger charge is 2.26. The fourth-order valence-electron chi connectivity index (χ4n) is 2.16. The maximum absolute atomic E-state index is 13.0. The van der Waals surface area contributed by atoms with Crippen LogP contribution >= 0.6 is 22.9 Å². The van der Waals surface area contributed by atoms with Gasteiger partial charge in [-0.2, -0.15) is 0 Å². The number of halogens is 1. The minimum absolute atomic E-state index is 0.111. The first kappa shape index (κ1) is 16.8. The van der Waals surface area contributed by atoms with Gasteiger partial charge >= 0.3 is 0 Å². The number of aromatic nitrogens is 1. The standard InChI is InChI=1S/C16H14ClN3O2S2/c1-2-9-20(24(21,22)13-6-4-12(18)5-7-13)16-19-14-8-3-11(17)10-15(14)23-16/h2-8,10H,1,9,18H2. The zero-order valence-electron chi connectivity index (χ0n) is 12.5. The third kappa shape index (κ3) is 3.10. The summed E-state index contributed by atoms with van der Waals surface area (Å²) >= 11 is 7.25. The van der Waals surface area contributed by atoms with Gasteiger partial charge in [0.05, 0.1) is 21.7 Å². The predicted molar refractivity (Wildman–Crippen MR) is 100 cm³/mol. The Morgan fingerprint density at radius 2 is 1.96 bits per heavy atom. The van der Waals surface area contributed by atoms with Crippen LogP contribution in [0.4, 0.5) is 10.8 Å². The molecule has 2 aromatic carbocycles. The minimum Gasteiger partial charge on any atom is -0.399 e. The van der Waals surface area contributed by atoms with E-state index in [0.29, 0.717) is 21.4 Å². The van der Waals surface area contributed by atoms with Gasteiger partial charge < -0.3 is 5.73 Å². The molecule has 2 N–H and O–H groups in total. The molecule has 0 amide bonds. The number of hydrogen-bond donors (Lipinski definition) is 1. The first-order valence-corrected chi connectivity index (χ1v) is 9.60. The lowest BCUT2D eigenvalue weighted by Gasteiger charge is -2.20. The summed E-state index contributed by atoms with van der Waals surface area (Å²) in [5.74, 6) is 0. The number of anilines is 2. The third-order valence-electron chi connectivity index (χ3n) is 3.32. The van der Waals surface area contributed by atoms with Gasteiger partial charge in [-0.25, -0.2) is 17.7 Å². The third-order valence-corrected chi connectivity index (χ3v) is 6.48. The molecule has 0 fully saturated rings. The molecule has 5 nitrogen and oxygen atoms in total. The van der Waals surface area contributed by atoms with E-state index in [-0.39, 0.29) is 11.4 Å². The van der Waals surface area contributed by atoms with Crippen LogP contribution in [0.3, 0.4) is 0 Å². The molecule has 0 saturated heterocycles. The molecule has 124 valence electrons. The van der Waals surface area contributed by atoms with Crippen molar-refractivity contribution in [1.29, 1.82) is 0 Å². The second-order valence-electron chi connectivity index (χ2n) is 5.00. The number of thiazole rings is 1. The number of nitrogens with zero attached hydrogens (tertiary/aromatic N) is 2. The number of rotatable bonds is 5. The van der Waals surface area contributed by atoms with Crippen LogP contribution in [0.25, 0.3) is 10.2 Å². The number of hydrogen-bond acceptors (Lipinski definition) is 5. The molecule has 1 aromatic heterocycles. The normalized spacial score (nSPS) is 11.5. The van der Waals surface area contributed by atoms with Crippen molar-refractivity contribution >= 4 is 54.0 Å². The highest BCUT2D eigenvalue weighted by molar-refractivity contribution is 7.93. The van der Waals surface area contributed by atoms with Crippen LogP contribution in [0.15, 0.2) is 60.0 Å². The topological polar surface area (TPSA) is 76.3 Å². The largest absolute Gasteiger partial charge is 0.399 e. The first-order chi connectivity index (χ1) is 11.4. The Morgan fingerprint density at radius 1 is 1.25 bits per heavy atom. The first-order valence-electron chi connectivity index (χ1n) is 6.97. The lowest BCUT2D eigenvalue weighted by Crippen LogP contribution is -2.31.